The van der Waals surface area contributed by atoms with Crippen molar-refractivity contribution in [3.63, 3.8) is 0 Å². The van der Waals surface area contributed by atoms with E-state index in [1.807, 2.05) is 13.0 Å². The Labute approximate surface area is 151 Å². The molecule has 5 nitrogen and oxygen atoms in total. The highest BCUT2D eigenvalue weighted by Crippen LogP contribution is 2.26. The number of nitro groups is 1. The van der Waals surface area contributed by atoms with Crippen molar-refractivity contribution in [2.75, 3.05) is 0 Å². The predicted molar refractivity (Wildman–Crippen MR) is 97.1 cm³/mol. The fourth-order valence-electron chi connectivity index (χ4n) is 3.23. The van der Waals surface area contributed by atoms with Crippen molar-refractivity contribution in [2.24, 2.45) is 0 Å². The predicted octanol–water partition coefficient (Wildman–Crippen LogP) is 4.62. The molecule has 0 aromatic heterocycles. The Morgan fingerprint density at radius 3 is 2.60 bits per heavy atom. The first-order valence-electron chi connectivity index (χ1n) is 8.32. The summed E-state index contributed by atoms with van der Waals surface area (Å²) < 4.78 is 0. The average Bonchev–Trinajstić information content (AvgIpc) is 2.61. The smallest absolute Gasteiger partial charge is 0.283 e. The number of nitro benzene ring substituents is 1. The summed E-state index contributed by atoms with van der Waals surface area (Å²) in [5, 5.41) is 14.2. The molecule has 0 spiro atoms. The highest BCUT2D eigenvalue weighted by atomic mass is 35.5. The first-order valence-corrected chi connectivity index (χ1v) is 8.70. The summed E-state index contributed by atoms with van der Waals surface area (Å²) in [6.07, 6.45) is 4.58. The number of rotatable bonds is 4. The molecule has 6 heteroatoms. The third-order valence-electron chi connectivity index (χ3n) is 4.62. The van der Waals surface area contributed by atoms with Gasteiger partial charge in [0.05, 0.1) is 11.0 Å². The van der Waals surface area contributed by atoms with Crippen molar-refractivity contribution in [3.05, 3.63) is 73.8 Å². The molecule has 0 heterocycles. The third-order valence-corrected chi connectivity index (χ3v) is 4.86. The standard InChI is InChI=1S/C19H19ClN2O3/c1-12(14-7-6-13-4-2-3-5-15(13)10-14)21-19(23)17-9-8-16(20)11-18(17)22(24)25/h6-12H,2-5H2,1H3,(H,21,23)/t12-/m0/s1. The van der Waals surface area contributed by atoms with E-state index in [9.17, 15) is 14.9 Å². The van der Waals surface area contributed by atoms with Gasteiger partial charge in [0.25, 0.3) is 11.6 Å². The van der Waals surface area contributed by atoms with Crippen LogP contribution in [0.3, 0.4) is 0 Å². The molecular weight excluding hydrogens is 340 g/mol. The van der Waals surface area contributed by atoms with E-state index in [1.165, 1.54) is 42.2 Å². The number of hydrogen-bond donors (Lipinski definition) is 1. The van der Waals surface area contributed by atoms with Crippen molar-refractivity contribution >= 4 is 23.2 Å². The van der Waals surface area contributed by atoms with Gasteiger partial charge < -0.3 is 5.32 Å². The molecule has 1 N–H and O–H groups in total. The summed E-state index contributed by atoms with van der Waals surface area (Å²) in [5.41, 5.74) is 3.44. The highest BCUT2D eigenvalue weighted by Gasteiger charge is 2.22. The number of hydrogen-bond acceptors (Lipinski definition) is 3. The number of nitrogens with one attached hydrogen (secondary N) is 1. The van der Waals surface area contributed by atoms with Gasteiger partial charge in [-0.1, -0.05) is 29.8 Å². The van der Waals surface area contributed by atoms with Gasteiger partial charge in [-0.2, -0.15) is 0 Å². The first kappa shape index (κ1) is 17.4. The molecule has 1 amide bonds. The van der Waals surface area contributed by atoms with Crippen LogP contribution in [0.2, 0.25) is 5.02 Å². The van der Waals surface area contributed by atoms with E-state index < -0.39 is 10.8 Å². The Balaban J connectivity index is 1.80. The normalized spacial score (nSPS) is 14.5. The Hall–Kier alpha value is -2.40. The minimum absolute atomic E-state index is 0.0132. The maximum Gasteiger partial charge on any atom is 0.283 e. The van der Waals surface area contributed by atoms with E-state index in [0.29, 0.717) is 0 Å². The number of halogens is 1. The van der Waals surface area contributed by atoms with Gasteiger partial charge in [-0.25, -0.2) is 0 Å². The van der Waals surface area contributed by atoms with Crippen LogP contribution < -0.4 is 5.32 Å². The lowest BCUT2D eigenvalue weighted by atomic mass is 9.89. The maximum atomic E-state index is 12.5. The van der Waals surface area contributed by atoms with E-state index in [0.717, 1.165) is 18.4 Å². The van der Waals surface area contributed by atoms with Crippen LogP contribution in [-0.4, -0.2) is 10.8 Å². The molecule has 1 aliphatic rings. The Morgan fingerprint density at radius 1 is 1.16 bits per heavy atom. The molecule has 0 aliphatic heterocycles. The van der Waals surface area contributed by atoms with Crippen LogP contribution in [0.15, 0.2) is 36.4 Å². The van der Waals surface area contributed by atoms with Gasteiger partial charge in [0.15, 0.2) is 0 Å². The molecule has 0 fully saturated rings. The minimum Gasteiger partial charge on any atom is -0.345 e. The Bertz CT molecular complexity index is 835. The summed E-state index contributed by atoms with van der Waals surface area (Å²) >= 11 is 5.80. The van der Waals surface area contributed by atoms with Gasteiger partial charge in [0.2, 0.25) is 0 Å². The first-order chi connectivity index (χ1) is 12.0. The molecule has 0 unspecified atom stereocenters. The fraction of sp³-hybridized carbons (Fsp3) is 0.316. The third kappa shape index (κ3) is 3.82. The Morgan fingerprint density at radius 2 is 1.88 bits per heavy atom. The largest absolute Gasteiger partial charge is 0.345 e. The topological polar surface area (TPSA) is 72.2 Å². The van der Waals surface area contributed by atoms with Crippen molar-refractivity contribution in [1.29, 1.82) is 0 Å². The second-order valence-electron chi connectivity index (χ2n) is 6.35. The maximum absolute atomic E-state index is 12.5. The number of nitrogens with zero attached hydrogens (tertiary/aromatic N) is 1. The summed E-state index contributed by atoms with van der Waals surface area (Å²) in [7, 11) is 0. The monoisotopic (exact) mass is 358 g/mol. The summed E-state index contributed by atoms with van der Waals surface area (Å²) in [6, 6.07) is 10.1. The molecule has 25 heavy (non-hydrogen) atoms. The van der Waals surface area contributed by atoms with E-state index in [4.69, 9.17) is 11.6 Å². The zero-order chi connectivity index (χ0) is 18.0. The number of amides is 1. The molecule has 3 rings (SSSR count). The van der Waals surface area contributed by atoms with Crippen LogP contribution in [0.5, 0.6) is 0 Å². The molecule has 1 atom stereocenters. The van der Waals surface area contributed by atoms with Crippen LogP contribution in [0.1, 0.15) is 52.9 Å². The fourth-order valence-corrected chi connectivity index (χ4v) is 3.39. The Kier molecular flexibility index (Phi) is 5.04. The summed E-state index contributed by atoms with van der Waals surface area (Å²) in [6.45, 7) is 1.88. The van der Waals surface area contributed by atoms with Crippen molar-refractivity contribution in [1.82, 2.24) is 5.32 Å². The van der Waals surface area contributed by atoms with E-state index >= 15 is 0 Å². The van der Waals surface area contributed by atoms with Crippen LogP contribution in [-0.2, 0) is 12.8 Å². The molecule has 0 radical (unpaired) electrons. The van der Waals surface area contributed by atoms with Crippen LogP contribution in [0, 0.1) is 10.1 Å². The zero-order valence-electron chi connectivity index (χ0n) is 13.9. The molecule has 2 aromatic rings. The quantitative estimate of drug-likeness (QED) is 0.640. The van der Waals surface area contributed by atoms with Crippen LogP contribution in [0.25, 0.3) is 0 Å². The van der Waals surface area contributed by atoms with Crippen LogP contribution in [0.4, 0.5) is 5.69 Å². The molecular formula is C19H19ClN2O3. The molecule has 0 saturated carbocycles. The lowest BCUT2D eigenvalue weighted by Gasteiger charge is -2.20. The van der Waals surface area contributed by atoms with Crippen molar-refractivity contribution in [2.45, 2.75) is 38.6 Å². The van der Waals surface area contributed by atoms with Gasteiger partial charge in [-0.15, -0.1) is 0 Å². The van der Waals surface area contributed by atoms with Crippen molar-refractivity contribution < 1.29 is 9.72 Å². The molecule has 0 bridgehead atoms. The number of fused-ring (bicyclic) bond motifs is 1. The lowest BCUT2D eigenvalue weighted by molar-refractivity contribution is -0.385. The summed E-state index contributed by atoms with van der Waals surface area (Å²) in [5.74, 6) is -0.478. The van der Waals surface area contributed by atoms with E-state index in [2.05, 4.69) is 17.4 Å². The van der Waals surface area contributed by atoms with Crippen LogP contribution >= 0.6 is 11.6 Å². The highest BCUT2D eigenvalue weighted by molar-refractivity contribution is 6.31. The summed E-state index contributed by atoms with van der Waals surface area (Å²) in [4.78, 5) is 23.1. The van der Waals surface area contributed by atoms with E-state index in [1.54, 1.807) is 0 Å². The number of carbonyl (C=O) groups excluding carboxylic acids is 1. The van der Waals surface area contributed by atoms with Gasteiger partial charge in [0, 0.05) is 11.1 Å². The molecule has 2 aromatic carbocycles. The molecule has 1 aliphatic carbocycles. The molecule has 130 valence electrons. The van der Waals surface area contributed by atoms with Gasteiger partial charge in [-0.3, -0.25) is 14.9 Å². The number of carbonyl (C=O) groups is 1. The molecule has 0 saturated heterocycles. The SMILES string of the molecule is C[C@H](NC(=O)c1ccc(Cl)cc1[N+](=O)[O-])c1ccc2c(c1)CCCC2. The van der Waals surface area contributed by atoms with E-state index in [-0.39, 0.29) is 22.3 Å². The minimum atomic E-state index is -0.593. The number of aryl methyl sites for hydroxylation is 2. The zero-order valence-corrected chi connectivity index (χ0v) is 14.7. The van der Waals surface area contributed by atoms with Gasteiger partial charge in [-0.05, 0) is 61.4 Å². The lowest BCUT2D eigenvalue weighted by Crippen LogP contribution is -2.27. The van der Waals surface area contributed by atoms with Crippen molar-refractivity contribution in [3.8, 4) is 0 Å². The average molecular weight is 359 g/mol. The second kappa shape index (κ2) is 7.23. The van der Waals surface area contributed by atoms with Gasteiger partial charge in [0.1, 0.15) is 5.56 Å². The van der Waals surface area contributed by atoms with Gasteiger partial charge >= 0.3 is 0 Å². The number of benzene rings is 2. The second-order valence-corrected chi connectivity index (χ2v) is 6.79.